The molecule has 2 unspecified atom stereocenters. The van der Waals surface area contributed by atoms with E-state index in [0.717, 1.165) is 25.7 Å². The molecule has 0 radical (unpaired) electrons. The smallest absolute Gasteiger partial charge is 0.314 e. The lowest BCUT2D eigenvalue weighted by molar-refractivity contribution is -0.0309. The van der Waals surface area contributed by atoms with Crippen molar-refractivity contribution in [3.63, 3.8) is 0 Å². The second-order valence-corrected chi connectivity index (χ2v) is 4.17. The third kappa shape index (κ3) is 2.87. The molecule has 0 heterocycles. The minimum absolute atomic E-state index is 0.0655. The predicted molar refractivity (Wildman–Crippen MR) is 55.3 cm³/mol. The number of methoxy groups -OCH3 is 1. The van der Waals surface area contributed by atoms with E-state index in [2.05, 4.69) is 17.6 Å². The van der Waals surface area contributed by atoms with Gasteiger partial charge in [-0.1, -0.05) is 0 Å². The van der Waals surface area contributed by atoms with Gasteiger partial charge in [0.15, 0.2) is 0 Å². The van der Waals surface area contributed by atoms with E-state index in [-0.39, 0.29) is 17.7 Å². The molecule has 0 aromatic heterocycles. The molecule has 0 aromatic rings. The van der Waals surface area contributed by atoms with Crippen molar-refractivity contribution in [2.75, 3.05) is 14.2 Å². The second-order valence-electron chi connectivity index (χ2n) is 4.17. The van der Waals surface area contributed by atoms with Crippen molar-refractivity contribution in [1.29, 1.82) is 0 Å². The number of hydrogen-bond acceptors (Lipinski definition) is 2. The maximum Gasteiger partial charge on any atom is 0.314 e. The number of hydrogen-bond donors (Lipinski definition) is 2. The Balaban J connectivity index is 2.44. The Hall–Kier alpha value is -0.770. The van der Waals surface area contributed by atoms with E-state index in [0.29, 0.717) is 0 Å². The van der Waals surface area contributed by atoms with Gasteiger partial charge in [0.2, 0.25) is 0 Å². The first-order chi connectivity index (χ1) is 6.59. The molecular weight excluding hydrogens is 180 g/mol. The largest absolute Gasteiger partial charge is 0.378 e. The topological polar surface area (TPSA) is 50.4 Å². The Labute approximate surface area is 85.4 Å². The van der Waals surface area contributed by atoms with E-state index in [9.17, 15) is 4.79 Å². The zero-order valence-corrected chi connectivity index (χ0v) is 9.22. The van der Waals surface area contributed by atoms with Gasteiger partial charge in [0.05, 0.1) is 5.60 Å². The van der Waals surface area contributed by atoms with Crippen molar-refractivity contribution in [1.82, 2.24) is 10.6 Å². The van der Waals surface area contributed by atoms with Gasteiger partial charge in [-0.2, -0.15) is 0 Å². The van der Waals surface area contributed by atoms with Crippen LogP contribution in [0.2, 0.25) is 0 Å². The van der Waals surface area contributed by atoms with Gasteiger partial charge < -0.3 is 15.4 Å². The number of ether oxygens (including phenoxy) is 1. The molecule has 0 spiro atoms. The first-order valence-electron chi connectivity index (χ1n) is 5.13. The van der Waals surface area contributed by atoms with Crippen LogP contribution in [-0.2, 0) is 4.74 Å². The molecule has 2 N–H and O–H groups in total. The molecule has 2 atom stereocenters. The van der Waals surface area contributed by atoms with Crippen LogP contribution in [0.25, 0.3) is 0 Å². The highest BCUT2D eigenvalue weighted by Crippen LogP contribution is 2.30. The maximum absolute atomic E-state index is 11.1. The summed E-state index contributed by atoms with van der Waals surface area (Å²) in [5.41, 5.74) is -0.0655. The Morgan fingerprint density at radius 1 is 1.57 bits per heavy atom. The summed E-state index contributed by atoms with van der Waals surface area (Å²) in [7, 11) is 3.37. The van der Waals surface area contributed by atoms with Gasteiger partial charge in [0.25, 0.3) is 0 Å². The number of urea groups is 1. The number of carbonyl (C=O) groups excluding carboxylic acids is 1. The summed E-state index contributed by atoms with van der Waals surface area (Å²) in [5, 5.41) is 5.49. The van der Waals surface area contributed by atoms with E-state index in [1.165, 1.54) is 0 Å². The van der Waals surface area contributed by atoms with Crippen molar-refractivity contribution in [2.45, 2.75) is 44.2 Å². The van der Waals surface area contributed by atoms with Crippen LogP contribution >= 0.6 is 0 Å². The van der Waals surface area contributed by atoms with Crippen molar-refractivity contribution < 1.29 is 9.53 Å². The standard InChI is InChI=1S/C10H20N2O2/c1-10(14-3)6-4-5-8(7-10)12-9(13)11-2/h8H,4-7H2,1-3H3,(H2,11,12,13). The Kier molecular flexibility index (Phi) is 3.75. The molecule has 82 valence electrons. The lowest BCUT2D eigenvalue weighted by atomic mass is 9.83. The van der Waals surface area contributed by atoms with Gasteiger partial charge in [0, 0.05) is 20.2 Å². The lowest BCUT2D eigenvalue weighted by Gasteiger charge is -2.37. The van der Waals surface area contributed by atoms with Crippen LogP contribution in [0.5, 0.6) is 0 Å². The normalized spacial score (nSPS) is 32.4. The summed E-state index contributed by atoms with van der Waals surface area (Å²) in [4.78, 5) is 11.1. The first-order valence-corrected chi connectivity index (χ1v) is 5.13. The fourth-order valence-electron chi connectivity index (χ4n) is 2.01. The molecule has 0 aromatic carbocycles. The molecule has 14 heavy (non-hydrogen) atoms. The first kappa shape index (κ1) is 11.3. The summed E-state index contributed by atoms with van der Waals surface area (Å²) < 4.78 is 5.45. The van der Waals surface area contributed by atoms with E-state index >= 15 is 0 Å². The average Bonchev–Trinajstić information content (AvgIpc) is 2.18. The molecule has 4 nitrogen and oxygen atoms in total. The van der Waals surface area contributed by atoms with Crippen molar-refractivity contribution >= 4 is 6.03 Å². The molecule has 1 rings (SSSR count). The van der Waals surface area contributed by atoms with Crippen LogP contribution in [0.3, 0.4) is 0 Å². The monoisotopic (exact) mass is 200 g/mol. The van der Waals surface area contributed by atoms with Crippen molar-refractivity contribution in [3.05, 3.63) is 0 Å². The van der Waals surface area contributed by atoms with E-state index in [4.69, 9.17) is 4.74 Å². The van der Waals surface area contributed by atoms with Gasteiger partial charge in [0.1, 0.15) is 0 Å². The van der Waals surface area contributed by atoms with Crippen LogP contribution < -0.4 is 10.6 Å². The third-order valence-electron chi connectivity index (χ3n) is 2.99. The molecule has 2 amide bonds. The Bertz CT molecular complexity index is 208. The summed E-state index contributed by atoms with van der Waals surface area (Å²) in [5.74, 6) is 0. The Morgan fingerprint density at radius 2 is 2.29 bits per heavy atom. The van der Waals surface area contributed by atoms with Crippen LogP contribution in [0.1, 0.15) is 32.6 Å². The molecule has 0 aliphatic heterocycles. The van der Waals surface area contributed by atoms with Gasteiger partial charge in [-0.25, -0.2) is 4.79 Å². The van der Waals surface area contributed by atoms with Crippen molar-refractivity contribution in [2.24, 2.45) is 0 Å². The van der Waals surface area contributed by atoms with Gasteiger partial charge in [-0.3, -0.25) is 0 Å². The summed E-state index contributed by atoms with van der Waals surface area (Å²) >= 11 is 0. The highest BCUT2D eigenvalue weighted by Gasteiger charge is 2.32. The fraction of sp³-hybridized carbons (Fsp3) is 0.900. The minimum atomic E-state index is -0.102. The van der Waals surface area contributed by atoms with Gasteiger partial charge in [-0.05, 0) is 32.6 Å². The predicted octanol–water partition coefficient (Wildman–Crippen LogP) is 1.26. The molecule has 1 fully saturated rings. The van der Waals surface area contributed by atoms with E-state index < -0.39 is 0 Å². The van der Waals surface area contributed by atoms with Crippen LogP contribution in [-0.4, -0.2) is 31.8 Å². The fourth-order valence-corrected chi connectivity index (χ4v) is 2.01. The number of carbonyl (C=O) groups is 1. The molecular formula is C10H20N2O2. The highest BCUT2D eigenvalue weighted by molar-refractivity contribution is 5.73. The van der Waals surface area contributed by atoms with Gasteiger partial charge in [-0.15, -0.1) is 0 Å². The highest BCUT2D eigenvalue weighted by atomic mass is 16.5. The zero-order chi connectivity index (χ0) is 10.6. The number of nitrogens with one attached hydrogen (secondary N) is 2. The number of amides is 2. The second kappa shape index (κ2) is 4.64. The molecule has 4 heteroatoms. The van der Waals surface area contributed by atoms with Crippen LogP contribution in [0.15, 0.2) is 0 Å². The molecule has 0 bridgehead atoms. The van der Waals surface area contributed by atoms with Gasteiger partial charge >= 0.3 is 6.03 Å². The third-order valence-corrected chi connectivity index (χ3v) is 2.99. The zero-order valence-electron chi connectivity index (χ0n) is 9.22. The van der Waals surface area contributed by atoms with Crippen LogP contribution in [0, 0.1) is 0 Å². The minimum Gasteiger partial charge on any atom is -0.378 e. The summed E-state index contributed by atoms with van der Waals surface area (Å²) in [6.45, 7) is 2.10. The molecule has 1 saturated carbocycles. The molecule has 1 aliphatic rings. The summed E-state index contributed by atoms with van der Waals surface area (Å²) in [6.07, 6.45) is 4.14. The van der Waals surface area contributed by atoms with E-state index in [1.54, 1.807) is 14.2 Å². The van der Waals surface area contributed by atoms with E-state index in [1.807, 2.05) is 0 Å². The van der Waals surface area contributed by atoms with Crippen molar-refractivity contribution in [3.8, 4) is 0 Å². The Morgan fingerprint density at radius 3 is 2.86 bits per heavy atom. The molecule has 1 aliphatic carbocycles. The summed E-state index contributed by atoms with van der Waals surface area (Å²) in [6, 6.07) is 0.143. The average molecular weight is 200 g/mol. The molecule has 0 saturated heterocycles. The quantitative estimate of drug-likeness (QED) is 0.705. The number of rotatable bonds is 2. The maximum atomic E-state index is 11.1. The lowest BCUT2D eigenvalue weighted by Crippen LogP contribution is -2.47. The SMILES string of the molecule is CNC(=O)NC1CCCC(C)(OC)C1. The van der Waals surface area contributed by atoms with Crippen LogP contribution in [0.4, 0.5) is 4.79 Å².